The van der Waals surface area contributed by atoms with E-state index >= 15 is 0 Å². The lowest BCUT2D eigenvalue weighted by molar-refractivity contribution is 0.421. The summed E-state index contributed by atoms with van der Waals surface area (Å²) in [6.45, 7) is 11.5. The van der Waals surface area contributed by atoms with Gasteiger partial charge in [-0.05, 0) is 46.2 Å². The van der Waals surface area contributed by atoms with Crippen LogP contribution in [-0.4, -0.2) is 23.6 Å². The molecule has 0 aromatic carbocycles. The van der Waals surface area contributed by atoms with Gasteiger partial charge in [0.15, 0.2) is 0 Å². The summed E-state index contributed by atoms with van der Waals surface area (Å²) in [5, 5.41) is 4.14. The maximum atomic E-state index is 6.22. The van der Waals surface area contributed by atoms with Gasteiger partial charge in [-0.3, -0.25) is 0 Å². The van der Waals surface area contributed by atoms with Gasteiger partial charge in [-0.1, -0.05) is 18.5 Å². The summed E-state index contributed by atoms with van der Waals surface area (Å²) in [5.41, 5.74) is 0.966. The summed E-state index contributed by atoms with van der Waals surface area (Å²) >= 11 is 6.22. The first-order chi connectivity index (χ1) is 8.74. The second kappa shape index (κ2) is 6.58. The van der Waals surface area contributed by atoms with Crippen LogP contribution in [0, 0.1) is 0 Å². The highest BCUT2D eigenvalue weighted by molar-refractivity contribution is 6.31. The molecule has 19 heavy (non-hydrogen) atoms. The molecule has 1 atom stereocenters. The van der Waals surface area contributed by atoms with E-state index in [-0.39, 0.29) is 5.54 Å². The molecule has 3 nitrogen and oxygen atoms in total. The van der Waals surface area contributed by atoms with Gasteiger partial charge in [0, 0.05) is 25.2 Å². The van der Waals surface area contributed by atoms with Gasteiger partial charge in [0.2, 0.25) is 0 Å². The molecule has 1 N–H and O–H groups in total. The van der Waals surface area contributed by atoms with Gasteiger partial charge in [-0.15, -0.1) is 0 Å². The highest BCUT2D eigenvalue weighted by Crippen LogP contribution is 2.21. The average Bonchev–Trinajstić information content (AvgIpc) is 2.35. The fraction of sp³-hybridized carbons (Fsp3) is 0.667. The van der Waals surface area contributed by atoms with Crippen molar-refractivity contribution in [3.63, 3.8) is 0 Å². The van der Waals surface area contributed by atoms with Crippen molar-refractivity contribution < 1.29 is 0 Å². The molecule has 1 aromatic rings. The Labute approximate surface area is 122 Å². The lowest BCUT2D eigenvalue weighted by atomic mass is 10.1. The fourth-order valence-corrected chi connectivity index (χ4v) is 1.81. The SMILES string of the molecule is CCC(C)N(C)c1ccc(Cl)c(CNC(C)(C)C)n1. The summed E-state index contributed by atoms with van der Waals surface area (Å²) in [6, 6.07) is 4.38. The highest BCUT2D eigenvalue weighted by Gasteiger charge is 2.14. The largest absolute Gasteiger partial charge is 0.357 e. The maximum Gasteiger partial charge on any atom is 0.128 e. The summed E-state index contributed by atoms with van der Waals surface area (Å²) in [4.78, 5) is 6.87. The van der Waals surface area contributed by atoms with E-state index in [4.69, 9.17) is 11.6 Å². The van der Waals surface area contributed by atoms with Crippen molar-refractivity contribution in [3.05, 3.63) is 22.8 Å². The Bertz CT molecular complexity index is 412. The van der Waals surface area contributed by atoms with E-state index in [0.717, 1.165) is 23.0 Å². The summed E-state index contributed by atoms with van der Waals surface area (Å²) in [6.07, 6.45) is 1.09. The first-order valence-electron chi connectivity index (χ1n) is 6.88. The Hall–Kier alpha value is -0.800. The van der Waals surface area contributed by atoms with Crippen molar-refractivity contribution in [3.8, 4) is 0 Å². The van der Waals surface area contributed by atoms with Crippen LogP contribution in [0.4, 0.5) is 5.82 Å². The number of nitrogens with one attached hydrogen (secondary N) is 1. The molecule has 0 saturated carbocycles. The Morgan fingerprint density at radius 3 is 2.53 bits per heavy atom. The fourth-order valence-electron chi connectivity index (χ4n) is 1.64. The monoisotopic (exact) mass is 283 g/mol. The van der Waals surface area contributed by atoms with E-state index in [1.54, 1.807) is 0 Å². The number of halogens is 1. The van der Waals surface area contributed by atoms with Gasteiger partial charge < -0.3 is 10.2 Å². The topological polar surface area (TPSA) is 28.2 Å². The Balaban J connectivity index is 2.88. The molecule has 0 saturated heterocycles. The van der Waals surface area contributed by atoms with E-state index in [0.29, 0.717) is 12.6 Å². The number of hydrogen-bond acceptors (Lipinski definition) is 3. The lowest BCUT2D eigenvalue weighted by Crippen LogP contribution is -2.35. The van der Waals surface area contributed by atoms with E-state index in [1.807, 2.05) is 12.1 Å². The van der Waals surface area contributed by atoms with Crippen molar-refractivity contribution in [1.29, 1.82) is 0 Å². The molecule has 1 heterocycles. The molecule has 0 fully saturated rings. The first kappa shape index (κ1) is 16.3. The van der Waals surface area contributed by atoms with Crippen LogP contribution in [0.5, 0.6) is 0 Å². The third-order valence-electron chi connectivity index (χ3n) is 3.30. The molecule has 0 amide bonds. The van der Waals surface area contributed by atoms with Crippen molar-refractivity contribution in [2.45, 2.75) is 59.2 Å². The van der Waals surface area contributed by atoms with Crippen molar-refractivity contribution in [1.82, 2.24) is 10.3 Å². The van der Waals surface area contributed by atoms with Gasteiger partial charge >= 0.3 is 0 Å². The molecule has 0 radical (unpaired) electrons. The molecule has 0 spiro atoms. The number of nitrogens with zero attached hydrogens (tertiary/aromatic N) is 2. The minimum atomic E-state index is 0.0592. The zero-order valence-corrected chi connectivity index (χ0v) is 13.7. The molecule has 1 unspecified atom stereocenters. The lowest BCUT2D eigenvalue weighted by Gasteiger charge is -2.26. The molecular formula is C15H26ClN3. The van der Waals surface area contributed by atoms with Crippen LogP contribution in [0.15, 0.2) is 12.1 Å². The third kappa shape index (κ3) is 5.00. The summed E-state index contributed by atoms with van der Waals surface area (Å²) < 4.78 is 0. The molecule has 4 heteroatoms. The van der Waals surface area contributed by atoms with Gasteiger partial charge in [-0.25, -0.2) is 4.98 Å². The molecule has 0 aliphatic rings. The standard InChI is InChI=1S/C15H26ClN3/c1-7-11(2)19(6)14-9-8-12(16)13(18-14)10-17-15(3,4)5/h8-9,11,17H,7,10H2,1-6H3. The maximum absolute atomic E-state index is 6.22. The zero-order chi connectivity index (χ0) is 14.6. The van der Waals surface area contributed by atoms with Crippen molar-refractivity contribution >= 4 is 17.4 Å². The number of pyridine rings is 1. The number of rotatable bonds is 5. The van der Waals surface area contributed by atoms with Crippen LogP contribution >= 0.6 is 11.6 Å². The van der Waals surface area contributed by atoms with Crippen LogP contribution in [0.25, 0.3) is 0 Å². The molecule has 0 aliphatic carbocycles. The van der Waals surface area contributed by atoms with Crippen LogP contribution < -0.4 is 10.2 Å². The molecule has 1 rings (SSSR count). The molecule has 1 aromatic heterocycles. The number of hydrogen-bond donors (Lipinski definition) is 1. The van der Waals surface area contributed by atoms with Crippen LogP contribution in [0.1, 0.15) is 46.7 Å². The van der Waals surface area contributed by atoms with Crippen LogP contribution in [0.2, 0.25) is 5.02 Å². The molecule has 0 aliphatic heterocycles. The van der Waals surface area contributed by atoms with Gasteiger partial charge in [0.05, 0.1) is 10.7 Å². The predicted molar refractivity (Wildman–Crippen MR) is 84.0 cm³/mol. The van der Waals surface area contributed by atoms with Gasteiger partial charge in [0.1, 0.15) is 5.82 Å². The second-order valence-corrected chi connectivity index (χ2v) is 6.48. The smallest absolute Gasteiger partial charge is 0.128 e. The number of anilines is 1. The highest BCUT2D eigenvalue weighted by atomic mass is 35.5. The first-order valence-corrected chi connectivity index (χ1v) is 7.25. The average molecular weight is 284 g/mol. The van der Waals surface area contributed by atoms with E-state index < -0.39 is 0 Å². The quantitative estimate of drug-likeness (QED) is 0.889. The Morgan fingerprint density at radius 1 is 1.37 bits per heavy atom. The zero-order valence-electron chi connectivity index (χ0n) is 12.9. The van der Waals surface area contributed by atoms with Gasteiger partial charge in [-0.2, -0.15) is 0 Å². The Kier molecular flexibility index (Phi) is 5.63. The normalized spacial score (nSPS) is 13.4. The van der Waals surface area contributed by atoms with Crippen LogP contribution in [-0.2, 0) is 6.54 Å². The minimum absolute atomic E-state index is 0.0592. The molecule has 108 valence electrons. The van der Waals surface area contributed by atoms with E-state index in [9.17, 15) is 0 Å². The van der Waals surface area contributed by atoms with E-state index in [2.05, 4.69) is 56.9 Å². The predicted octanol–water partition coefficient (Wildman–Crippen LogP) is 3.86. The van der Waals surface area contributed by atoms with Gasteiger partial charge in [0.25, 0.3) is 0 Å². The Morgan fingerprint density at radius 2 is 2.00 bits per heavy atom. The molecular weight excluding hydrogens is 258 g/mol. The van der Waals surface area contributed by atoms with Crippen molar-refractivity contribution in [2.75, 3.05) is 11.9 Å². The van der Waals surface area contributed by atoms with Crippen LogP contribution in [0.3, 0.4) is 0 Å². The second-order valence-electron chi connectivity index (χ2n) is 6.07. The minimum Gasteiger partial charge on any atom is -0.357 e. The molecule has 0 bridgehead atoms. The number of aromatic nitrogens is 1. The van der Waals surface area contributed by atoms with Crippen molar-refractivity contribution in [2.24, 2.45) is 0 Å². The summed E-state index contributed by atoms with van der Waals surface area (Å²) in [7, 11) is 2.07. The van der Waals surface area contributed by atoms with E-state index in [1.165, 1.54) is 0 Å². The third-order valence-corrected chi connectivity index (χ3v) is 3.65. The summed E-state index contributed by atoms with van der Waals surface area (Å²) in [5.74, 6) is 0.976.